The highest BCUT2D eigenvalue weighted by Gasteiger charge is 2.29. The Balaban J connectivity index is 4.47. The molecule has 0 bridgehead atoms. The molecule has 0 saturated heterocycles. The van der Waals surface area contributed by atoms with Gasteiger partial charge in [0.2, 0.25) is 5.91 Å². The number of amides is 1. The predicted octanol–water partition coefficient (Wildman–Crippen LogP) is 1.88. The lowest BCUT2D eigenvalue weighted by Gasteiger charge is -2.32. The molecule has 0 aromatic rings. The van der Waals surface area contributed by atoms with E-state index >= 15 is 0 Å². The van der Waals surface area contributed by atoms with Crippen molar-refractivity contribution in [1.29, 1.82) is 0 Å². The fourth-order valence-corrected chi connectivity index (χ4v) is 1.36. The summed E-state index contributed by atoms with van der Waals surface area (Å²) in [5, 5.41) is 3.06. The summed E-state index contributed by atoms with van der Waals surface area (Å²) in [7, 11) is 1.83. The Morgan fingerprint density at radius 1 is 1.40 bits per heavy atom. The van der Waals surface area contributed by atoms with Crippen LogP contribution in [0.5, 0.6) is 0 Å². The fraction of sp³-hybridized carbons (Fsp3) is 0.917. The Bertz CT molecular complexity index is 202. The third-order valence-electron chi connectivity index (χ3n) is 3.06. The molecule has 0 rings (SSSR count). The molecule has 0 aliphatic heterocycles. The van der Waals surface area contributed by atoms with Crippen LogP contribution in [0.25, 0.3) is 0 Å². The molecule has 0 spiro atoms. The second-order valence-corrected chi connectivity index (χ2v) is 4.73. The predicted molar refractivity (Wildman–Crippen MR) is 64.8 cm³/mol. The molecule has 0 radical (unpaired) electrons. The molecule has 1 unspecified atom stereocenters. The molecule has 0 heterocycles. The van der Waals surface area contributed by atoms with Crippen LogP contribution in [0.2, 0.25) is 0 Å². The van der Waals surface area contributed by atoms with Crippen molar-refractivity contribution < 1.29 is 4.79 Å². The Morgan fingerprint density at radius 2 is 1.93 bits per heavy atom. The van der Waals surface area contributed by atoms with Gasteiger partial charge in [0, 0.05) is 13.1 Å². The molecule has 0 aromatic heterocycles. The quantitative estimate of drug-likeness (QED) is 0.732. The monoisotopic (exact) mass is 214 g/mol. The van der Waals surface area contributed by atoms with Gasteiger partial charge in [-0.1, -0.05) is 20.3 Å². The van der Waals surface area contributed by atoms with Gasteiger partial charge in [0.05, 0.1) is 5.54 Å². The van der Waals surface area contributed by atoms with Gasteiger partial charge in [-0.15, -0.1) is 0 Å². The number of nitrogens with one attached hydrogen (secondary N) is 1. The summed E-state index contributed by atoms with van der Waals surface area (Å²) < 4.78 is 0. The van der Waals surface area contributed by atoms with E-state index in [1.165, 1.54) is 0 Å². The van der Waals surface area contributed by atoms with Crippen molar-refractivity contribution in [3.63, 3.8) is 0 Å². The minimum absolute atomic E-state index is 0.188. The molecule has 15 heavy (non-hydrogen) atoms. The lowest BCUT2D eigenvalue weighted by Crippen LogP contribution is -2.53. The molecule has 0 aliphatic rings. The van der Waals surface area contributed by atoms with Crippen molar-refractivity contribution in [3.8, 4) is 0 Å². The summed E-state index contributed by atoms with van der Waals surface area (Å²) in [6.45, 7) is 11.9. The van der Waals surface area contributed by atoms with Crippen LogP contribution >= 0.6 is 0 Å². The van der Waals surface area contributed by atoms with Gasteiger partial charge in [0.15, 0.2) is 0 Å². The zero-order valence-corrected chi connectivity index (χ0v) is 11.1. The van der Waals surface area contributed by atoms with Crippen molar-refractivity contribution in [2.45, 2.75) is 46.6 Å². The second-order valence-electron chi connectivity index (χ2n) is 4.73. The Kier molecular flexibility index (Phi) is 5.88. The van der Waals surface area contributed by atoms with E-state index in [2.05, 4.69) is 19.2 Å². The van der Waals surface area contributed by atoms with Crippen LogP contribution < -0.4 is 5.32 Å². The van der Waals surface area contributed by atoms with Crippen molar-refractivity contribution in [3.05, 3.63) is 0 Å². The number of hydrogen-bond acceptors (Lipinski definition) is 2. The van der Waals surface area contributed by atoms with Crippen LogP contribution in [0.3, 0.4) is 0 Å². The smallest absolute Gasteiger partial charge is 0.242 e. The van der Waals surface area contributed by atoms with Crippen molar-refractivity contribution in [2.24, 2.45) is 5.92 Å². The van der Waals surface area contributed by atoms with E-state index in [9.17, 15) is 4.79 Å². The van der Waals surface area contributed by atoms with Gasteiger partial charge >= 0.3 is 0 Å². The SMILES string of the molecule is CCC(C)CN(CC)C(=O)C(C)(C)NC. The van der Waals surface area contributed by atoms with Gasteiger partial charge < -0.3 is 10.2 Å². The summed E-state index contributed by atoms with van der Waals surface area (Å²) in [5.41, 5.74) is -0.455. The number of carbonyl (C=O) groups is 1. The molecule has 3 nitrogen and oxygen atoms in total. The summed E-state index contributed by atoms with van der Waals surface area (Å²) >= 11 is 0. The first-order valence-corrected chi connectivity index (χ1v) is 5.87. The van der Waals surface area contributed by atoms with Gasteiger partial charge in [0.1, 0.15) is 0 Å². The highest BCUT2D eigenvalue weighted by molar-refractivity contribution is 5.85. The van der Waals surface area contributed by atoms with E-state index in [4.69, 9.17) is 0 Å². The highest BCUT2D eigenvalue weighted by Crippen LogP contribution is 2.11. The number of likely N-dealkylation sites (N-methyl/N-ethyl adjacent to an activating group) is 2. The third-order valence-corrected chi connectivity index (χ3v) is 3.06. The number of rotatable bonds is 6. The van der Waals surface area contributed by atoms with Crippen LogP contribution in [0.4, 0.5) is 0 Å². The van der Waals surface area contributed by atoms with Gasteiger partial charge in [-0.2, -0.15) is 0 Å². The first kappa shape index (κ1) is 14.4. The molecule has 3 heteroatoms. The molecular weight excluding hydrogens is 188 g/mol. The molecule has 0 fully saturated rings. The van der Waals surface area contributed by atoms with Gasteiger partial charge in [-0.25, -0.2) is 0 Å². The molecule has 1 atom stereocenters. The molecule has 1 N–H and O–H groups in total. The average Bonchev–Trinajstić information content (AvgIpc) is 2.24. The largest absolute Gasteiger partial charge is 0.341 e. The lowest BCUT2D eigenvalue weighted by atomic mass is 10.0. The van der Waals surface area contributed by atoms with E-state index in [1.807, 2.05) is 32.7 Å². The number of hydrogen-bond donors (Lipinski definition) is 1. The van der Waals surface area contributed by atoms with Gasteiger partial charge in [-0.05, 0) is 33.7 Å². The summed E-state index contributed by atoms with van der Waals surface area (Å²) in [6.07, 6.45) is 1.11. The first-order chi connectivity index (χ1) is 6.88. The van der Waals surface area contributed by atoms with E-state index in [-0.39, 0.29) is 5.91 Å². The van der Waals surface area contributed by atoms with Crippen molar-refractivity contribution in [2.75, 3.05) is 20.1 Å². The summed E-state index contributed by atoms with van der Waals surface area (Å²) in [5.74, 6) is 0.759. The van der Waals surface area contributed by atoms with E-state index in [1.54, 1.807) is 0 Å². The topological polar surface area (TPSA) is 32.3 Å². The highest BCUT2D eigenvalue weighted by atomic mass is 16.2. The van der Waals surface area contributed by atoms with E-state index < -0.39 is 5.54 Å². The summed E-state index contributed by atoms with van der Waals surface area (Å²) in [6, 6.07) is 0. The standard InChI is InChI=1S/C12H26N2O/c1-7-10(3)9-14(8-2)11(15)12(4,5)13-6/h10,13H,7-9H2,1-6H3. The minimum Gasteiger partial charge on any atom is -0.341 e. The Hall–Kier alpha value is -0.570. The maximum Gasteiger partial charge on any atom is 0.242 e. The van der Waals surface area contributed by atoms with Crippen LogP contribution in [0.15, 0.2) is 0 Å². The van der Waals surface area contributed by atoms with E-state index in [0.29, 0.717) is 5.92 Å². The zero-order valence-electron chi connectivity index (χ0n) is 11.1. The van der Waals surface area contributed by atoms with Crippen LogP contribution in [0, 0.1) is 5.92 Å². The van der Waals surface area contributed by atoms with Crippen LogP contribution in [-0.2, 0) is 4.79 Å². The summed E-state index contributed by atoms with van der Waals surface area (Å²) in [4.78, 5) is 14.1. The average molecular weight is 214 g/mol. The zero-order chi connectivity index (χ0) is 12.1. The maximum atomic E-state index is 12.1. The fourth-order valence-electron chi connectivity index (χ4n) is 1.36. The third kappa shape index (κ3) is 4.20. The Labute approximate surface area is 94.2 Å². The molecule has 0 saturated carbocycles. The molecule has 0 aliphatic carbocycles. The lowest BCUT2D eigenvalue weighted by molar-refractivity contribution is -0.137. The van der Waals surface area contributed by atoms with Gasteiger partial charge in [-0.3, -0.25) is 4.79 Å². The Morgan fingerprint density at radius 3 is 2.27 bits per heavy atom. The minimum atomic E-state index is -0.455. The first-order valence-electron chi connectivity index (χ1n) is 5.87. The molecular formula is C12H26N2O. The van der Waals surface area contributed by atoms with Crippen LogP contribution in [-0.4, -0.2) is 36.5 Å². The molecule has 1 amide bonds. The van der Waals surface area contributed by atoms with Gasteiger partial charge in [0.25, 0.3) is 0 Å². The maximum absolute atomic E-state index is 12.1. The molecule has 0 aromatic carbocycles. The second kappa shape index (κ2) is 6.11. The molecule has 90 valence electrons. The van der Waals surface area contributed by atoms with Crippen molar-refractivity contribution >= 4 is 5.91 Å². The normalized spacial score (nSPS) is 13.7. The number of carbonyl (C=O) groups excluding carboxylic acids is 1. The number of nitrogens with zero attached hydrogens (tertiary/aromatic N) is 1. The van der Waals surface area contributed by atoms with E-state index in [0.717, 1.165) is 19.5 Å². The van der Waals surface area contributed by atoms with Crippen molar-refractivity contribution in [1.82, 2.24) is 10.2 Å². The van der Waals surface area contributed by atoms with Crippen LogP contribution in [0.1, 0.15) is 41.0 Å².